The molecule has 0 fully saturated rings. The Kier molecular flexibility index (Phi) is 3.76. The van der Waals surface area contributed by atoms with Crippen molar-refractivity contribution in [2.75, 3.05) is 7.11 Å². The average Bonchev–Trinajstić information content (AvgIpc) is 2.87. The van der Waals surface area contributed by atoms with E-state index in [1.54, 1.807) is 24.3 Å². The monoisotopic (exact) mass is 313 g/mol. The number of halogens is 1. The lowest BCUT2D eigenvalue weighted by Gasteiger charge is -1.99. The summed E-state index contributed by atoms with van der Waals surface area (Å²) in [6, 6.07) is 10.3. The molecule has 0 bridgehead atoms. The van der Waals surface area contributed by atoms with Crippen molar-refractivity contribution < 1.29 is 19.0 Å². The van der Waals surface area contributed by atoms with Crippen LogP contribution in [0.3, 0.4) is 0 Å². The number of rotatable bonds is 3. The first-order valence-corrected chi connectivity index (χ1v) is 6.69. The van der Waals surface area contributed by atoms with Gasteiger partial charge in [-0.25, -0.2) is 4.39 Å². The molecule has 0 aliphatic carbocycles. The van der Waals surface area contributed by atoms with Crippen molar-refractivity contribution >= 4 is 22.5 Å². The Hall–Kier alpha value is -3.22. The van der Waals surface area contributed by atoms with Gasteiger partial charge < -0.3 is 14.8 Å². The van der Waals surface area contributed by atoms with Crippen LogP contribution in [-0.4, -0.2) is 23.1 Å². The molecule has 0 saturated heterocycles. The summed E-state index contributed by atoms with van der Waals surface area (Å²) in [6.45, 7) is 0. The van der Waals surface area contributed by atoms with Gasteiger partial charge in [0.05, 0.1) is 12.6 Å². The number of nitrogens with one attached hydrogen (secondary N) is 1. The number of benzene rings is 2. The number of H-pyrrole nitrogens is 1. The van der Waals surface area contributed by atoms with Crippen molar-refractivity contribution in [3.05, 3.63) is 53.8 Å². The fourth-order valence-electron chi connectivity index (χ4n) is 2.12. The SMILES string of the molecule is COc1ccc(C(=O)N=Nc2c(O)[nH]c3ccc(F)cc23)cc1. The molecule has 6 nitrogen and oxygen atoms in total. The van der Waals surface area contributed by atoms with Crippen molar-refractivity contribution in [2.24, 2.45) is 10.2 Å². The minimum atomic E-state index is -0.585. The number of carbonyl (C=O) groups is 1. The van der Waals surface area contributed by atoms with Crippen LogP contribution in [0.15, 0.2) is 52.7 Å². The molecule has 116 valence electrons. The van der Waals surface area contributed by atoms with E-state index in [0.717, 1.165) is 0 Å². The van der Waals surface area contributed by atoms with Gasteiger partial charge in [0.2, 0.25) is 5.88 Å². The zero-order valence-electron chi connectivity index (χ0n) is 12.1. The Balaban J connectivity index is 1.91. The Morgan fingerprint density at radius 1 is 1.22 bits per heavy atom. The summed E-state index contributed by atoms with van der Waals surface area (Å²) in [7, 11) is 1.52. The molecule has 1 heterocycles. The van der Waals surface area contributed by atoms with Gasteiger partial charge in [0.25, 0.3) is 5.91 Å². The lowest BCUT2D eigenvalue weighted by atomic mass is 10.2. The lowest BCUT2D eigenvalue weighted by molar-refractivity contribution is 0.0995. The van der Waals surface area contributed by atoms with E-state index < -0.39 is 11.7 Å². The first-order chi connectivity index (χ1) is 11.1. The quantitative estimate of drug-likeness (QED) is 0.718. The van der Waals surface area contributed by atoms with Crippen molar-refractivity contribution in [3.63, 3.8) is 0 Å². The summed E-state index contributed by atoms with van der Waals surface area (Å²) in [5.41, 5.74) is 0.830. The van der Waals surface area contributed by atoms with Crippen LogP contribution in [0, 0.1) is 5.82 Å². The average molecular weight is 313 g/mol. The molecule has 0 aliphatic rings. The second-order valence-electron chi connectivity index (χ2n) is 4.75. The molecular formula is C16H12FN3O3. The van der Waals surface area contributed by atoms with Crippen molar-refractivity contribution in [2.45, 2.75) is 0 Å². The third-order valence-electron chi connectivity index (χ3n) is 3.29. The maximum atomic E-state index is 13.3. The van der Waals surface area contributed by atoms with Crippen LogP contribution in [0.25, 0.3) is 10.9 Å². The molecule has 0 unspecified atom stereocenters. The van der Waals surface area contributed by atoms with E-state index in [-0.39, 0.29) is 11.6 Å². The number of hydrogen-bond donors (Lipinski definition) is 2. The smallest absolute Gasteiger partial charge is 0.295 e. The van der Waals surface area contributed by atoms with Crippen LogP contribution < -0.4 is 4.74 Å². The van der Waals surface area contributed by atoms with Crippen LogP contribution in [0.5, 0.6) is 11.6 Å². The number of nitrogens with zero attached hydrogens (tertiary/aromatic N) is 2. The highest BCUT2D eigenvalue weighted by atomic mass is 19.1. The standard InChI is InChI=1S/C16H12FN3O3/c1-23-11-5-2-9(3-6-11)15(21)20-19-14-12-8-10(17)4-7-13(12)18-16(14)22/h2-8,18,22H,1H3. The summed E-state index contributed by atoms with van der Waals surface area (Å²) in [6.07, 6.45) is 0. The first kappa shape index (κ1) is 14.7. The molecular weight excluding hydrogens is 301 g/mol. The van der Waals surface area contributed by atoms with Crippen LogP contribution in [0.1, 0.15) is 10.4 Å². The number of methoxy groups -OCH3 is 1. The fourth-order valence-corrected chi connectivity index (χ4v) is 2.12. The number of ether oxygens (including phenoxy) is 1. The normalized spacial score (nSPS) is 11.2. The summed E-state index contributed by atoms with van der Waals surface area (Å²) >= 11 is 0. The summed E-state index contributed by atoms with van der Waals surface area (Å²) in [5.74, 6) is -0.729. The van der Waals surface area contributed by atoms with E-state index >= 15 is 0 Å². The van der Waals surface area contributed by atoms with Crippen LogP contribution in [0.4, 0.5) is 10.1 Å². The van der Waals surface area contributed by atoms with Crippen LogP contribution in [-0.2, 0) is 0 Å². The fraction of sp³-hybridized carbons (Fsp3) is 0.0625. The number of aromatic nitrogens is 1. The molecule has 0 atom stereocenters. The van der Waals surface area contributed by atoms with Gasteiger partial charge in [-0.1, -0.05) is 0 Å². The predicted molar refractivity (Wildman–Crippen MR) is 81.8 cm³/mol. The van der Waals surface area contributed by atoms with E-state index in [9.17, 15) is 14.3 Å². The highest BCUT2D eigenvalue weighted by molar-refractivity contribution is 5.97. The number of amides is 1. The van der Waals surface area contributed by atoms with Gasteiger partial charge in [-0.3, -0.25) is 4.79 Å². The van der Waals surface area contributed by atoms with E-state index in [4.69, 9.17) is 4.74 Å². The number of hydrogen-bond acceptors (Lipinski definition) is 4. The van der Waals surface area contributed by atoms with Crippen molar-refractivity contribution in [1.29, 1.82) is 0 Å². The Labute approximate surface area is 130 Å². The lowest BCUT2D eigenvalue weighted by Crippen LogP contribution is -1.93. The molecule has 3 aromatic rings. The zero-order valence-corrected chi connectivity index (χ0v) is 12.1. The third-order valence-corrected chi connectivity index (χ3v) is 3.29. The number of fused-ring (bicyclic) bond motifs is 1. The minimum Gasteiger partial charge on any atom is -0.497 e. The Morgan fingerprint density at radius 3 is 2.65 bits per heavy atom. The summed E-state index contributed by atoms with van der Waals surface area (Å²) in [4.78, 5) is 14.6. The van der Waals surface area contributed by atoms with Gasteiger partial charge in [0.15, 0.2) is 5.69 Å². The van der Waals surface area contributed by atoms with E-state index in [1.165, 1.54) is 25.3 Å². The molecule has 0 radical (unpaired) electrons. The highest BCUT2D eigenvalue weighted by Gasteiger charge is 2.12. The number of aromatic hydroxyl groups is 1. The van der Waals surface area contributed by atoms with E-state index in [2.05, 4.69) is 15.2 Å². The van der Waals surface area contributed by atoms with Gasteiger partial charge in [-0.15, -0.1) is 10.2 Å². The van der Waals surface area contributed by atoms with Gasteiger partial charge in [0.1, 0.15) is 11.6 Å². The van der Waals surface area contributed by atoms with Crippen molar-refractivity contribution in [3.8, 4) is 11.6 Å². The highest BCUT2D eigenvalue weighted by Crippen LogP contribution is 2.35. The maximum absolute atomic E-state index is 13.3. The second-order valence-corrected chi connectivity index (χ2v) is 4.75. The van der Waals surface area contributed by atoms with E-state index in [1.807, 2.05) is 0 Å². The number of azo groups is 1. The van der Waals surface area contributed by atoms with Gasteiger partial charge in [-0.2, -0.15) is 0 Å². The molecule has 2 N–H and O–H groups in total. The molecule has 0 saturated carbocycles. The summed E-state index contributed by atoms with van der Waals surface area (Å²) < 4.78 is 18.3. The van der Waals surface area contributed by atoms with Crippen molar-refractivity contribution in [1.82, 2.24) is 4.98 Å². The maximum Gasteiger partial charge on any atom is 0.295 e. The van der Waals surface area contributed by atoms with Gasteiger partial charge in [-0.05, 0) is 42.5 Å². The Bertz CT molecular complexity index is 901. The predicted octanol–water partition coefficient (Wildman–Crippen LogP) is 3.95. The molecule has 23 heavy (non-hydrogen) atoms. The number of aromatic amines is 1. The van der Waals surface area contributed by atoms with Gasteiger partial charge >= 0.3 is 0 Å². The van der Waals surface area contributed by atoms with Crippen LogP contribution >= 0.6 is 0 Å². The van der Waals surface area contributed by atoms with Gasteiger partial charge in [0, 0.05) is 10.9 Å². The zero-order chi connectivity index (χ0) is 16.4. The molecule has 0 spiro atoms. The molecule has 7 heteroatoms. The first-order valence-electron chi connectivity index (χ1n) is 6.69. The molecule has 3 rings (SSSR count). The Morgan fingerprint density at radius 2 is 1.96 bits per heavy atom. The summed E-state index contributed by atoms with van der Waals surface area (Å²) in [5, 5.41) is 17.5. The molecule has 0 aliphatic heterocycles. The minimum absolute atomic E-state index is 0.0151. The third kappa shape index (κ3) is 2.89. The molecule has 2 aromatic carbocycles. The largest absolute Gasteiger partial charge is 0.497 e. The topological polar surface area (TPSA) is 87.0 Å². The second kappa shape index (κ2) is 5.88. The van der Waals surface area contributed by atoms with E-state index in [0.29, 0.717) is 22.2 Å². The molecule has 1 amide bonds. The number of carbonyl (C=O) groups excluding carboxylic acids is 1. The molecule has 1 aromatic heterocycles. The van der Waals surface area contributed by atoms with Crippen LogP contribution in [0.2, 0.25) is 0 Å².